The molecule has 29 heavy (non-hydrogen) atoms. The minimum absolute atomic E-state index is 0.0171. The molecule has 1 heterocycles. The lowest BCUT2D eigenvalue weighted by atomic mass is 9.74. The molecule has 1 saturated carbocycles. The monoisotopic (exact) mass is 392 g/mol. The molecule has 3 aromatic rings. The van der Waals surface area contributed by atoms with Crippen LogP contribution in [0.2, 0.25) is 0 Å². The number of rotatable bonds is 4. The van der Waals surface area contributed by atoms with Gasteiger partial charge in [-0.15, -0.1) is 0 Å². The van der Waals surface area contributed by atoms with Gasteiger partial charge < -0.3 is 15.0 Å². The molecular formula is C23H24N2O4. The summed E-state index contributed by atoms with van der Waals surface area (Å²) in [4.78, 5) is 37.6. The molecule has 0 spiro atoms. The van der Waals surface area contributed by atoms with Gasteiger partial charge in [-0.05, 0) is 44.0 Å². The first-order valence-electron chi connectivity index (χ1n) is 9.95. The molecule has 6 nitrogen and oxygen atoms in total. The average Bonchev–Trinajstić information content (AvgIpc) is 2.71. The van der Waals surface area contributed by atoms with E-state index in [1.807, 2.05) is 47.9 Å². The Morgan fingerprint density at radius 2 is 1.66 bits per heavy atom. The molecule has 0 aliphatic heterocycles. The molecule has 0 radical (unpaired) electrons. The molecule has 0 saturated heterocycles. The van der Waals surface area contributed by atoms with Crippen molar-refractivity contribution in [1.82, 2.24) is 9.88 Å². The van der Waals surface area contributed by atoms with Gasteiger partial charge in [0.05, 0.1) is 22.5 Å². The Kier molecular flexibility index (Phi) is 4.86. The minimum Gasteiger partial charge on any atom is -0.481 e. The van der Waals surface area contributed by atoms with Crippen molar-refractivity contribution in [3.63, 3.8) is 0 Å². The van der Waals surface area contributed by atoms with Gasteiger partial charge in [-0.2, -0.15) is 0 Å². The van der Waals surface area contributed by atoms with Gasteiger partial charge in [0, 0.05) is 10.8 Å². The average molecular weight is 392 g/mol. The Bertz CT molecular complexity index is 1110. The zero-order valence-electron chi connectivity index (χ0n) is 16.4. The quantitative estimate of drug-likeness (QED) is 0.667. The maximum absolute atomic E-state index is 13.0. The molecular weight excluding hydrogens is 368 g/mol. The molecule has 1 aliphatic carbocycles. The number of benzene rings is 2. The summed E-state index contributed by atoms with van der Waals surface area (Å²) in [7, 11) is 0. The third-order valence-corrected chi connectivity index (χ3v) is 6.11. The number of carboxylic acid groups (broad SMARTS) is 1. The first-order valence-corrected chi connectivity index (χ1v) is 9.95. The number of carbonyl (C=O) groups is 2. The summed E-state index contributed by atoms with van der Waals surface area (Å²) >= 11 is 0. The van der Waals surface area contributed by atoms with E-state index < -0.39 is 17.4 Å². The smallest absolute Gasteiger partial charge is 0.308 e. The molecule has 2 atom stereocenters. The van der Waals surface area contributed by atoms with E-state index >= 15 is 0 Å². The van der Waals surface area contributed by atoms with Crippen LogP contribution in [-0.2, 0) is 16.1 Å². The number of fused-ring (bicyclic) bond motifs is 2. The van der Waals surface area contributed by atoms with E-state index in [2.05, 4.69) is 5.32 Å². The number of nitrogens with one attached hydrogen (secondary N) is 1. The summed E-state index contributed by atoms with van der Waals surface area (Å²) in [5, 5.41) is 13.7. The lowest BCUT2D eigenvalue weighted by molar-refractivity contribution is -0.146. The summed E-state index contributed by atoms with van der Waals surface area (Å²) in [5.41, 5.74) is 0.550. The normalized spacial score (nSPS) is 21.9. The van der Waals surface area contributed by atoms with Crippen LogP contribution in [0.25, 0.3) is 21.8 Å². The largest absolute Gasteiger partial charge is 0.481 e. The van der Waals surface area contributed by atoms with E-state index in [0.717, 1.165) is 12.8 Å². The highest BCUT2D eigenvalue weighted by Crippen LogP contribution is 2.34. The number of hydrogen-bond donors (Lipinski definition) is 2. The summed E-state index contributed by atoms with van der Waals surface area (Å²) < 4.78 is 1.84. The van der Waals surface area contributed by atoms with E-state index in [1.165, 1.54) is 0 Å². The second kappa shape index (κ2) is 7.35. The van der Waals surface area contributed by atoms with E-state index in [4.69, 9.17) is 0 Å². The Morgan fingerprint density at radius 3 is 2.24 bits per heavy atom. The van der Waals surface area contributed by atoms with Gasteiger partial charge in [-0.3, -0.25) is 14.4 Å². The van der Waals surface area contributed by atoms with Gasteiger partial charge in [0.1, 0.15) is 6.54 Å². The van der Waals surface area contributed by atoms with Crippen molar-refractivity contribution in [2.24, 2.45) is 5.92 Å². The van der Waals surface area contributed by atoms with Crippen LogP contribution in [0.3, 0.4) is 0 Å². The van der Waals surface area contributed by atoms with Gasteiger partial charge in [-0.25, -0.2) is 0 Å². The zero-order valence-corrected chi connectivity index (χ0v) is 16.4. The van der Waals surface area contributed by atoms with Crippen molar-refractivity contribution in [2.45, 2.75) is 44.7 Å². The number of carbonyl (C=O) groups excluding carboxylic acids is 1. The summed E-state index contributed by atoms with van der Waals surface area (Å²) in [6.45, 7) is 1.84. The first-order chi connectivity index (χ1) is 13.9. The van der Waals surface area contributed by atoms with Crippen molar-refractivity contribution in [3.05, 3.63) is 58.8 Å². The van der Waals surface area contributed by atoms with Crippen molar-refractivity contribution in [2.75, 3.05) is 0 Å². The van der Waals surface area contributed by atoms with Crippen molar-refractivity contribution in [3.8, 4) is 0 Å². The number of pyridine rings is 1. The molecule has 2 aromatic carbocycles. The second-order valence-electron chi connectivity index (χ2n) is 8.05. The Labute approximate surface area is 168 Å². The fourth-order valence-corrected chi connectivity index (χ4v) is 4.63. The van der Waals surface area contributed by atoms with Crippen LogP contribution in [0.15, 0.2) is 53.3 Å². The number of amides is 1. The lowest BCUT2D eigenvalue weighted by Gasteiger charge is -2.40. The molecule has 0 bridgehead atoms. The molecule has 2 N–H and O–H groups in total. The molecule has 4 rings (SSSR count). The third kappa shape index (κ3) is 3.39. The molecule has 6 heteroatoms. The van der Waals surface area contributed by atoms with E-state index in [9.17, 15) is 19.5 Å². The predicted molar refractivity (Wildman–Crippen MR) is 112 cm³/mol. The number of hydrogen-bond acceptors (Lipinski definition) is 3. The summed E-state index contributed by atoms with van der Waals surface area (Å²) in [5.74, 6) is -1.71. The van der Waals surface area contributed by atoms with Crippen LogP contribution in [0.5, 0.6) is 0 Å². The maximum atomic E-state index is 13.0. The molecule has 150 valence electrons. The second-order valence-corrected chi connectivity index (χ2v) is 8.05. The summed E-state index contributed by atoms with van der Waals surface area (Å²) in [6, 6.07) is 14.5. The van der Waals surface area contributed by atoms with Crippen LogP contribution >= 0.6 is 0 Å². The topological polar surface area (TPSA) is 88.4 Å². The Hall–Kier alpha value is -3.15. The molecule has 1 amide bonds. The van der Waals surface area contributed by atoms with Crippen LogP contribution in [0, 0.1) is 5.92 Å². The number of carboxylic acids is 1. The van der Waals surface area contributed by atoms with E-state index in [0.29, 0.717) is 34.6 Å². The van der Waals surface area contributed by atoms with Crippen molar-refractivity contribution >= 4 is 33.7 Å². The fourth-order valence-electron chi connectivity index (χ4n) is 4.63. The standard InChI is InChI=1S/C23H24N2O4/c1-23(13-7-6-10-17(23)22(28)29)24-20(26)14-25-18-11-4-2-8-15(18)21(27)16-9-3-5-12-19(16)25/h2-5,8-9,11-12,17H,6-7,10,13-14H2,1H3,(H,24,26)(H,28,29). The van der Waals surface area contributed by atoms with Crippen molar-refractivity contribution in [1.29, 1.82) is 0 Å². The van der Waals surface area contributed by atoms with E-state index in [-0.39, 0.29) is 17.9 Å². The minimum atomic E-state index is -0.869. The van der Waals surface area contributed by atoms with Crippen LogP contribution < -0.4 is 10.7 Å². The number of para-hydroxylation sites is 2. The van der Waals surface area contributed by atoms with Gasteiger partial charge in [0.15, 0.2) is 5.43 Å². The molecule has 1 aliphatic rings. The highest BCUT2D eigenvalue weighted by Gasteiger charge is 2.42. The maximum Gasteiger partial charge on any atom is 0.308 e. The number of nitrogens with zero attached hydrogens (tertiary/aromatic N) is 1. The third-order valence-electron chi connectivity index (χ3n) is 6.11. The Morgan fingerprint density at radius 1 is 1.07 bits per heavy atom. The highest BCUT2D eigenvalue weighted by molar-refractivity contribution is 5.95. The van der Waals surface area contributed by atoms with Crippen LogP contribution in [0.4, 0.5) is 0 Å². The number of aromatic nitrogens is 1. The van der Waals surface area contributed by atoms with Gasteiger partial charge >= 0.3 is 5.97 Å². The molecule has 1 fully saturated rings. The molecule has 2 unspecified atom stereocenters. The first kappa shape index (κ1) is 19.2. The lowest BCUT2D eigenvalue weighted by Crippen LogP contribution is -2.56. The fraction of sp³-hybridized carbons (Fsp3) is 0.348. The van der Waals surface area contributed by atoms with E-state index in [1.54, 1.807) is 12.1 Å². The Balaban J connectivity index is 1.74. The highest BCUT2D eigenvalue weighted by atomic mass is 16.4. The zero-order chi connectivity index (χ0) is 20.6. The number of aliphatic carboxylic acids is 1. The molecule has 1 aromatic heterocycles. The van der Waals surface area contributed by atoms with Gasteiger partial charge in [0.25, 0.3) is 0 Å². The van der Waals surface area contributed by atoms with Crippen LogP contribution in [0.1, 0.15) is 32.6 Å². The van der Waals surface area contributed by atoms with Gasteiger partial charge in [0.2, 0.25) is 5.91 Å². The van der Waals surface area contributed by atoms with Crippen LogP contribution in [-0.4, -0.2) is 27.1 Å². The van der Waals surface area contributed by atoms with Crippen molar-refractivity contribution < 1.29 is 14.7 Å². The predicted octanol–water partition coefficient (Wildman–Crippen LogP) is 3.30. The van der Waals surface area contributed by atoms with Gasteiger partial charge in [-0.1, -0.05) is 37.1 Å². The SMILES string of the molecule is CC1(NC(=O)Cn2c3ccccc3c(=O)c3ccccc32)CCCCC1C(=O)O. The summed E-state index contributed by atoms with van der Waals surface area (Å²) in [6.07, 6.45) is 2.96.